The summed E-state index contributed by atoms with van der Waals surface area (Å²) in [7, 11) is 0. The molecule has 2 aromatic heterocycles. The Morgan fingerprint density at radius 1 is 0.491 bits per heavy atom. The maximum absolute atomic E-state index is 5.38. The van der Waals surface area contributed by atoms with E-state index in [0.717, 1.165) is 35.1 Å². The van der Waals surface area contributed by atoms with Gasteiger partial charge >= 0.3 is 0 Å². The third kappa shape index (κ3) is 5.11. The molecule has 10 rings (SSSR count). The highest BCUT2D eigenvalue weighted by Gasteiger charge is 2.51. The van der Waals surface area contributed by atoms with Gasteiger partial charge in [0.2, 0.25) is 0 Å². The average Bonchev–Trinajstić information content (AvgIpc) is 3.55. The molecule has 2 aliphatic carbocycles. The smallest absolute Gasteiger partial charge is 0.164 e. The van der Waals surface area contributed by atoms with Gasteiger partial charge in [-0.3, -0.25) is 4.98 Å². The lowest BCUT2D eigenvalue weighted by molar-refractivity contribution is 0.281. The van der Waals surface area contributed by atoms with Gasteiger partial charge in [-0.2, -0.15) is 0 Å². The van der Waals surface area contributed by atoms with Crippen molar-refractivity contribution in [1.29, 1.82) is 0 Å². The van der Waals surface area contributed by atoms with Crippen LogP contribution in [0.25, 0.3) is 78.3 Å². The summed E-state index contributed by atoms with van der Waals surface area (Å²) in [5, 5.41) is 2.44. The van der Waals surface area contributed by atoms with Crippen LogP contribution in [-0.4, -0.2) is 19.9 Å². The number of fused-ring (bicyclic) bond motifs is 8. The first kappa shape index (κ1) is 33.3. The Labute approximate surface area is 323 Å². The van der Waals surface area contributed by atoms with E-state index in [1.165, 1.54) is 61.0 Å². The van der Waals surface area contributed by atoms with E-state index in [2.05, 4.69) is 149 Å². The van der Waals surface area contributed by atoms with Gasteiger partial charge in [0.15, 0.2) is 17.5 Å². The minimum atomic E-state index is -0.221. The Morgan fingerprint density at radius 2 is 1.15 bits per heavy atom. The van der Waals surface area contributed by atoms with Crippen LogP contribution in [0.1, 0.15) is 50.1 Å². The maximum atomic E-state index is 5.38. The van der Waals surface area contributed by atoms with Gasteiger partial charge < -0.3 is 0 Å². The molecule has 0 saturated heterocycles. The molecule has 0 saturated carbocycles. The van der Waals surface area contributed by atoms with Crippen molar-refractivity contribution in [3.63, 3.8) is 0 Å². The molecule has 4 nitrogen and oxygen atoms in total. The molecule has 0 aliphatic heterocycles. The first-order valence-electron chi connectivity index (χ1n) is 19.6. The average molecular weight is 711 g/mol. The molecular weight excluding hydrogens is 669 g/mol. The van der Waals surface area contributed by atoms with Crippen molar-refractivity contribution in [2.24, 2.45) is 11.8 Å². The summed E-state index contributed by atoms with van der Waals surface area (Å²) in [4.78, 5) is 20.7. The molecule has 4 heteroatoms. The Balaban J connectivity index is 1.22. The zero-order valence-electron chi connectivity index (χ0n) is 31.7. The summed E-state index contributed by atoms with van der Waals surface area (Å²) in [6.45, 7) is 9.59. The molecular formula is C51H42N4. The van der Waals surface area contributed by atoms with Crippen LogP contribution in [0.3, 0.4) is 0 Å². The molecule has 0 spiro atoms. The molecule has 0 fully saturated rings. The molecule has 55 heavy (non-hydrogen) atoms. The van der Waals surface area contributed by atoms with Crippen molar-refractivity contribution in [3.8, 4) is 67.5 Å². The topological polar surface area (TPSA) is 51.6 Å². The van der Waals surface area contributed by atoms with Gasteiger partial charge in [-0.05, 0) is 92.1 Å². The highest BCUT2D eigenvalue weighted by Crippen LogP contribution is 2.62. The largest absolute Gasteiger partial charge is 0.261 e. The zero-order chi connectivity index (χ0) is 37.3. The number of pyridine rings is 1. The highest BCUT2D eigenvalue weighted by molar-refractivity contribution is 5.98. The predicted octanol–water partition coefficient (Wildman–Crippen LogP) is 12.4. The van der Waals surface area contributed by atoms with Crippen LogP contribution < -0.4 is 0 Å². The summed E-state index contributed by atoms with van der Waals surface area (Å²) in [6.07, 6.45) is 3.91. The Bertz CT molecular complexity index is 2770. The first-order chi connectivity index (χ1) is 26.9. The van der Waals surface area contributed by atoms with Crippen LogP contribution >= 0.6 is 0 Å². The Morgan fingerprint density at radius 3 is 1.98 bits per heavy atom. The fourth-order valence-electron chi connectivity index (χ4n) is 9.94. The number of benzene rings is 6. The van der Waals surface area contributed by atoms with Gasteiger partial charge in [0.25, 0.3) is 0 Å². The summed E-state index contributed by atoms with van der Waals surface area (Å²) in [5.41, 5.74) is 15.6. The molecule has 2 heterocycles. The van der Waals surface area contributed by atoms with E-state index >= 15 is 0 Å². The van der Waals surface area contributed by atoms with E-state index in [4.69, 9.17) is 19.9 Å². The molecule has 0 radical (unpaired) electrons. The third-order valence-electron chi connectivity index (χ3n) is 12.2. The number of nitrogens with zero attached hydrogens (tertiary/aromatic N) is 4. The van der Waals surface area contributed by atoms with Crippen LogP contribution in [0.5, 0.6) is 0 Å². The SMILES string of the molecule is CC(C)C1(C(C)C)c2cccc(-c3nc(-c4ccccc4)nc(-c4cccc(-c5cccc6ccccc56)c4)n3)c2-c2ccc3c(c21)-c1cccnc1CC3. The van der Waals surface area contributed by atoms with Crippen molar-refractivity contribution in [1.82, 2.24) is 19.9 Å². The first-order valence-corrected chi connectivity index (χ1v) is 19.6. The number of aryl methyl sites for hydroxylation is 2. The lowest BCUT2D eigenvalue weighted by Crippen LogP contribution is -2.38. The van der Waals surface area contributed by atoms with E-state index in [1.807, 2.05) is 24.4 Å². The molecule has 0 N–H and O–H groups in total. The van der Waals surface area contributed by atoms with Crippen molar-refractivity contribution in [2.45, 2.75) is 46.0 Å². The quantitative estimate of drug-likeness (QED) is 0.172. The molecule has 2 aliphatic rings. The van der Waals surface area contributed by atoms with E-state index in [9.17, 15) is 0 Å². The van der Waals surface area contributed by atoms with E-state index < -0.39 is 0 Å². The van der Waals surface area contributed by atoms with Crippen molar-refractivity contribution < 1.29 is 0 Å². The van der Waals surface area contributed by atoms with E-state index in [0.29, 0.717) is 29.3 Å². The van der Waals surface area contributed by atoms with Gasteiger partial charge in [0, 0.05) is 39.6 Å². The number of hydrogen-bond donors (Lipinski definition) is 0. The van der Waals surface area contributed by atoms with Crippen molar-refractivity contribution >= 4 is 10.8 Å². The monoisotopic (exact) mass is 710 g/mol. The minimum absolute atomic E-state index is 0.221. The standard InChI is InChI=1S/C51H42N4/c1-31(2)51(32(3)4)43-24-12-22-42(46(43)41-27-25-34-26-28-44-40(23-13-29-52-44)45(34)47(41)51)50-54-48(35-15-6-5-7-16-35)53-49(55-50)37-19-10-18-36(30-37)39-21-11-17-33-14-8-9-20-38(33)39/h5-25,27,29-32H,26,28H2,1-4H3. The van der Waals surface area contributed by atoms with Gasteiger partial charge in [-0.25, -0.2) is 15.0 Å². The highest BCUT2D eigenvalue weighted by atomic mass is 15.0. The van der Waals surface area contributed by atoms with E-state index in [-0.39, 0.29) is 5.41 Å². The Kier molecular flexibility index (Phi) is 7.85. The molecule has 0 unspecified atom stereocenters. The molecule has 0 atom stereocenters. The second-order valence-electron chi connectivity index (χ2n) is 15.7. The third-order valence-corrected chi connectivity index (χ3v) is 12.2. The van der Waals surface area contributed by atoms with Gasteiger partial charge in [0.05, 0.1) is 0 Å². The maximum Gasteiger partial charge on any atom is 0.164 e. The summed E-state index contributed by atoms with van der Waals surface area (Å²) in [6, 6.07) is 49.9. The number of hydrogen-bond acceptors (Lipinski definition) is 4. The lowest BCUT2D eigenvalue weighted by atomic mass is 9.61. The molecule has 0 bridgehead atoms. The van der Waals surface area contributed by atoms with Crippen molar-refractivity contribution in [2.75, 3.05) is 0 Å². The summed E-state index contributed by atoms with van der Waals surface area (Å²) in [5.74, 6) is 2.68. The summed E-state index contributed by atoms with van der Waals surface area (Å²) >= 11 is 0. The number of aromatic nitrogens is 4. The molecule has 266 valence electrons. The fraction of sp³-hybridized carbons (Fsp3) is 0.176. The van der Waals surface area contributed by atoms with Gasteiger partial charge in [0.1, 0.15) is 0 Å². The van der Waals surface area contributed by atoms with E-state index in [1.54, 1.807) is 0 Å². The second-order valence-corrected chi connectivity index (χ2v) is 15.7. The van der Waals surface area contributed by atoms with Crippen LogP contribution in [0, 0.1) is 11.8 Å². The van der Waals surface area contributed by atoms with Gasteiger partial charge in [-0.15, -0.1) is 0 Å². The van der Waals surface area contributed by atoms with Crippen molar-refractivity contribution in [3.05, 3.63) is 168 Å². The normalized spacial score (nSPS) is 13.8. The zero-order valence-corrected chi connectivity index (χ0v) is 31.7. The van der Waals surface area contributed by atoms with Crippen LogP contribution in [0.2, 0.25) is 0 Å². The number of rotatable bonds is 6. The van der Waals surface area contributed by atoms with Crippen LogP contribution in [0.15, 0.2) is 146 Å². The fourth-order valence-corrected chi connectivity index (χ4v) is 9.94. The predicted molar refractivity (Wildman–Crippen MR) is 226 cm³/mol. The van der Waals surface area contributed by atoms with Gasteiger partial charge in [-0.1, -0.05) is 155 Å². The lowest BCUT2D eigenvalue weighted by Gasteiger charge is -2.42. The Hall–Kier alpha value is -6.26. The summed E-state index contributed by atoms with van der Waals surface area (Å²) < 4.78 is 0. The molecule has 6 aromatic carbocycles. The van der Waals surface area contributed by atoms with Crippen LogP contribution in [0.4, 0.5) is 0 Å². The minimum Gasteiger partial charge on any atom is -0.261 e. The van der Waals surface area contributed by atoms with Crippen LogP contribution in [-0.2, 0) is 18.3 Å². The molecule has 0 amide bonds. The second kappa shape index (κ2) is 13.0. The molecule has 8 aromatic rings.